The predicted molar refractivity (Wildman–Crippen MR) is 74.4 cm³/mol. The third-order valence-corrected chi connectivity index (χ3v) is 3.44. The number of nitrogens with zero attached hydrogens (tertiary/aromatic N) is 1. The van der Waals surface area contributed by atoms with Crippen LogP contribution in [0.5, 0.6) is 5.75 Å². The number of hydrogen-bond donors (Lipinski definition) is 1. The summed E-state index contributed by atoms with van der Waals surface area (Å²) >= 11 is 0. The number of hydrogen-bond acceptors (Lipinski definition) is 4. The molecule has 112 valence electrons. The largest absolute Gasteiger partial charge is 0.490 e. The minimum atomic E-state index is -0.241. The van der Waals surface area contributed by atoms with Crippen LogP contribution in [-0.2, 0) is 4.74 Å². The maximum absolute atomic E-state index is 12.8. The van der Waals surface area contributed by atoms with E-state index in [0.29, 0.717) is 13.2 Å². The zero-order valence-corrected chi connectivity index (χ0v) is 11.6. The highest BCUT2D eigenvalue weighted by molar-refractivity contribution is 5.22. The molecule has 0 aromatic heterocycles. The minimum absolute atomic E-state index is 0.0770. The van der Waals surface area contributed by atoms with Gasteiger partial charge in [-0.05, 0) is 37.1 Å². The Bertz CT molecular complexity index is 377. The van der Waals surface area contributed by atoms with Gasteiger partial charge in [0, 0.05) is 19.6 Å². The van der Waals surface area contributed by atoms with E-state index in [1.54, 1.807) is 12.1 Å². The van der Waals surface area contributed by atoms with Gasteiger partial charge in [-0.2, -0.15) is 0 Å². The van der Waals surface area contributed by atoms with Crippen LogP contribution in [0.2, 0.25) is 0 Å². The Labute approximate surface area is 119 Å². The second kappa shape index (κ2) is 8.19. The number of benzene rings is 1. The van der Waals surface area contributed by atoms with E-state index in [1.165, 1.54) is 12.1 Å². The van der Waals surface area contributed by atoms with Crippen molar-refractivity contribution in [3.8, 4) is 5.75 Å². The second-order valence-electron chi connectivity index (χ2n) is 4.95. The van der Waals surface area contributed by atoms with E-state index in [2.05, 4.69) is 4.90 Å². The zero-order valence-electron chi connectivity index (χ0n) is 11.6. The highest BCUT2D eigenvalue weighted by Crippen LogP contribution is 2.19. The molecule has 5 heteroatoms. The van der Waals surface area contributed by atoms with E-state index in [0.717, 1.165) is 38.2 Å². The minimum Gasteiger partial charge on any atom is -0.490 e. The van der Waals surface area contributed by atoms with Crippen molar-refractivity contribution in [2.75, 3.05) is 39.5 Å². The maximum atomic E-state index is 12.8. The molecule has 0 spiro atoms. The van der Waals surface area contributed by atoms with Crippen molar-refractivity contribution in [2.45, 2.75) is 18.9 Å². The third-order valence-electron chi connectivity index (χ3n) is 3.44. The number of ether oxygens (including phenoxy) is 2. The molecule has 20 heavy (non-hydrogen) atoms. The van der Waals surface area contributed by atoms with Crippen molar-refractivity contribution in [1.29, 1.82) is 0 Å². The van der Waals surface area contributed by atoms with Crippen LogP contribution in [0.3, 0.4) is 0 Å². The number of likely N-dealkylation sites (tertiary alicyclic amines) is 1. The molecule has 1 aromatic carbocycles. The predicted octanol–water partition coefficient (Wildman–Crippen LogP) is 1.68. The molecule has 1 saturated heterocycles. The van der Waals surface area contributed by atoms with Crippen LogP contribution in [0.4, 0.5) is 4.39 Å². The fraction of sp³-hybridized carbons (Fsp3) is 0.600. The molecule has 0 aliphatic carbocycles. The lowest BCUT2D eigenvalue weighted by atomic mass is 10.1. The third kappa shape index (κ3) is 5.07. The quantitative estimate of drug-likeness (QED) is 0.773. The van der Waals surface area contributed by atoms with Gasteiger partial charge in [0.15, 0.2) is 0 Å². The van der Waals surface area contributed by atoms with Crippen LogP contribution in [0.15, 0.2) is 24.3 Å². The van der Waals surface area contributed by atoms with Crippen LogP contribution in [0.25, 0.3) is 0 Å². The van der Waals surface area contributed by atoms with Crippen LogP contribution < -0.4 is 4.74 Å². The monoisotopic (exact) mass is 283 g/mol. The smallest absolute Gasteiger partial charge is 0.123 e. The molecule has 4 nitrogen and oxygen atoms in total. The molecular weight excluding hydrogens is 261 g/mol. The molecule has 0 bridgehead atoms. The Morgan fingerprint density at radius 2 is 1.85 bits per heavy atom. The van der Waals surface area contributed by atoms with Gasteiger partial charge < -0.3 is 19.5 Å². The van der Waals surface area contributed by atoms with Gasteiger partial charge in [-0.1, -0.05) is 0 Å². The first-order chi connectivity index (χ1) is 9.78. The molecule has 0 amide bonds. The van der Waals surface area contributed by atoms with Gasteiger partial charge in [-0.25, -0.2) is 4.39 Å². The summed E-state index contributed by atoms with van der Waals surface area (Å²) in [5.41, 5.74) is 0. The second-order valence-corrected chi connectivity index (χ2v) is 4.95. The topological polar surface area (TPSA) is 41.9 Å². The van der Waals surface area contributed by atoms with Crippen LogP contribution in [0.1, 0.15) is 12.8 Å². The Hall–Kier alpha value is -1.17. The first kappa shape index (κ1) is 15.2. The molecule has 1 aromatic rings. The van der Waals surface area contributed by atoms with Crippen molar-refractivity contribution in [3.05, 3.63) is 30.1 Å². The number of halogens is 1. The SMILES string of the molecule is OCCOCCN1CCC(Oc2ccc(F)cc2)CC1. The number of aliphatic hydroxyl groups excluding tert-OH is 1. The lowest BCUT2D eigenvalue weighted by molar-refractivity contribution is 0.0519. The van der Waals surface area contributed by atoms with Crippen molar-refractivity contribution < 1.29 is 19.0 Å². The molecule has 0 atom stereocenters. The van der Waals surface area contributed by atoms with E-state index < -0.39 is 0 Å². The first-order valence-corrected chi connectivity index (χ1v) is 7.11. The summed E-state index contributed by atoms with van der Waals surface area (Å²) in [6.45, 7) is 3.99. The van der Waals surface area contributed by atoms with E-state index in [9.17, 15) is 4.39 Å². The molecule has 1 heterocycles. The lowest BCUT2D eigenvalue weighted by Gasteiger charge is -2.32. The van der Waals surface area contributed by atoms with E-state index in [1.807, 2.05) is 0 Å². The van der Waals surface area contributed by atoms with Gasteiger partial charge in [0.1, 0.15) is 17.7 Å². The summed E-state index contributed by atoms with van der Waals surface area (Å²) < 4.78 is 23.9. The first-order valence-electron chi connectivity index (χ1n) is 7.11. The summed E-state index contributed by atoms with van der Waals surface area (Å²) in [7, 11) is 0. The highest BCUT2D eigenvalue weighted by atomic mass is 19.1. The van der Waals surface area contributed by atoms with Crippen molar-refractivity contribution in [3.63, 3.8) is 0 Å². The maximum Gasteiger partial charge on any atom is 0.123 e. The standard InChI is InChI=1S/C15H22FNO3/c16-13-1-3-14(4-2-13)20-15-5-7-17(8-6-15)9-11-19-12-10-18/h1-4,15,18H,5-12H2. The molecule has 0 saturated carbocycles. The molecular formula is C15H22FNO3. The molecule has 0 unspecified atom stereocenters. The lowest BCUT2D eigenvalue weighted by Crippen LogP contribution is -2.39. The van der Waals surface area contributed by atoms with Crippen LogP contribution in [0, 0.1) is 5.82 Å². The number of rotatable bonds is 7. The van der Waals surface area contributed by atoms with Gasteiger partial charge in [-0.3, -0.25) is 0 Å². The van der Waals surface area contributed by atoms with Gasteiger partial charge >= 0.3 is 0 Å². The van der Waals surface area contributed by atoms with Gasteiger partial charge in [-0.15, -0.1) is 0 Å². The van der Waals surface area contributed by atoms with Crippen molar-refractivity contribution >= 4 is 0 Å². The normalized spacial score (nSPS) is 17.3. The van der Waals surface area contributed by atoms with Gasteiger partial charge in [0.2, 0.25) is 0 Å². The number of aliphatic hydroxyl groups is 1. The van der Waals surface area contributed by atoms with Crippen molar-refractivity contribution in [2.24, 2.45) is 0 Å². The fourth-order valence-corrected chi connectivity index (χ4v) is 2.32. The van der Waals surface area contributed by atoms with E-state index in [-0.39, 0.29) is 18.5 Å². The van der Waals surface area contributed by atoms with Crippen molar-refractivity contribution in [1.82, 2.24) is 4.90 Å². The van der Waals surface area contributed by atoms with E-state index >= 15 is 0 Å². The molecule has 2 rings (SSSR count). The molecule has 1 fully saturated rings. The van der Waals surface area contributed by atoms with Crippen LogP contribution >= 0.6 is 0 Å². The van der Waals surface area contributed by atoms with Gasteiger partial charge in [0.05, 0.1) is 19.8 Å². The molecule has 1 N–H and O–H groups in total. The highest BCUT2D eigenvalue weighted by Gasteiger charge is 2.20. The van der Waals surface area contributed by atoms with Gasteiger partial charge in [0.25, 0.3) is 0 Å². The Kier molecular flexibility index (Phi) is 6.24. The molecule has 1 aliphatic heterocycles. The molecule has 0 radical (unpaired) electrons. The summed E-state index contributed by atoms with van der Waals surface area (Å²) in [4.78, 5) is 2.34. The van der Waals surface area contributed by atoms with E-state index in [4.69, 9.17) is 14.6 Å². The Morgan fingerprint density at radius 1 is 1.15 bits per heavy atom. The summed E-state index contributed by atoms with van der Waals surface area (Å²) in [6.07, 6.45) is 2.14. The average Bonchev–Trinajstić information content (AvgIpc) is 2.48. The van der Waals surface area contributed by atoms with Crippen LogP contribution in [-0.4, -0.2) is 55.6 Å². The fourth-order valence-electron chi connectivity index (χ4n) is 2.32. The average molecular weight is 283 g/mol. The molecule has 1 aliphatic rings. The Morgan fingerprint density at radius 3 is 2.50 bits per heavy atom. The summed E-state index contributed by atoms with van der Waals surface area (Å²) in [5.74, 6) is 0.492. The number of piperidine rings is 1. The Balaban J connectivity index is 1.65. The zero-order chi connectivity index (χ0) is 14.2. The summed E-state index contributed by atoms with van der Waals surface area (Å²) in [5, 5.41) is 8.62. The summed E-state index contributed by atoms with van der Waals surface area (Å²) in [6, 6.07) is 6.18.